The summed E-state index contributed by atoms with van der Waals surface area (Å²) in [5.41, 5.74) is 16.2. The molecule has 8 aromatic carbocycles. The fraction of sp³-hybridized carbons (Fsp3) is 0.0175. The summed E-state index contributed by atoms with van der Waals surface area (Å²) in [5, 5.41) is 5.92. The van der Waals surface area contributed by atoms with E-state index >= 15 is 0 Å². The van der Waals surface area contributed by atoms with E-state index in [2.05, 4.69) is 218 Å². The monoisotopic (exact) mass is 781 g/mol. The van der Waals surface area contributed by atoms with Gasteiger partial charge in [0.25, 0.3) is 0 Å². The lowest BCUT2D eigenvalue weighted by Gasteiger charge is -2.25. The van der Waals surface area contributed by atoms with Crippen molar-refractivity contribution in [3.63, 3.8) is 0 Å². The lowest BCUT2D eigenvalue weighted by atomic mass is 9.83. The number of para-hydroxylation sites is 2. The van der Waals surface area contributed by atoms with Crippen LogP contribution in [0.3, 0.4) is 0 Å². The number of furan rings is 1. The van der Waals surface area contributed by atoms with E-state index in [9.17, 15) is 0 Å². The van der Waals surface area contributed by atoms with Crippen LogP contribution < -0.4 is 5.32 Å². The molecule has 1 aliphatic rings. The van der Waals surface area contributed by atoms with Gasteiger partial charge in [-0.1, -0.05) is 206 Å². The Morgan fingerprint density at radius 1 is 0.393 bits per heavy atom. The summed E-state index contributed by atoms with van der Waals surface area (Å²) in [6.45, 7) is 0. The van der Waals surface area contributed by atoms with Gasteiger partial charge in [0.05, 0.1) is 28.7 Å². The van der Waals surface area contributed by atoms with E-state index in [0.717, 1.165) is 106 Å². The maximum absolute atomic E-state index is 6.52. The number of amidine groups is 1. The van der Waals surface area contributed by atoms with Crippen LogP contribution in [0.4, 0.5) is 0 Å². The summed E-state index contributed by atoms with van der Waals surface area (Å²) in [6.07, 6.45) is 2.23. The molecule has 1 unspecified atom stereocenters. The zero-order valence-electron chi connectivity index (χ0n) is 33.2. The Morgan fingerprint density at radius 2 is 0.869 bits per heavy atom. The second-order valence-corrected chi connectivity index (χ2v) is 15.3. The van der Waals surface area contributed by atoms with E-state index in [4.69, 9.17) is 14.4 Å². The number of aliphatic imine (C=N–C) groups is 1. The summed E-state index contributed by atoms with van der Waals surface area (Å²) in [5.74, 6) is 0.770. The molecule has 1 atom stereocenters. The van der Waals surface area contributed by atoms with Gasteiger partial charge in [0, 0.05) is 38.6 Å². The summed E-state index contributed by atoms with van der Waals surface area (Å²) >= 11 is 0. The van der Waals surface area contributed by atoms with Gasteiger partial charge >= 0.3 is 0 Å². The highest BCUT2D eigenvalue weighted by Crippen LogP contribution is 2.49. The summed E-state index contributed by atoms with van der Waals surface area (Å²) in [7, 11) is 0. The third kappa shape index (κ3) is 6.70. The minimum absolute atomic E-state index is 0.112. The smallest absolute Gasteiger partial charge is 0.146 e. The van der Waals surface area contributed by atoms with Crippen molar-refractivity contribution in [3.8, 4) is 55.9 Å². The number of hydrogen-bond donors (Lipinski definition) is 1. The molecule has 0 fully saturated rings. The molecule has 1 aliphatic heterocycles. The highest BCUT2D eigenvalue weighted by molar-refractivity contribution is 6.16. The van der Waals surface area contributed by atoms with Crippen LogP contribution in [0.1, 0.15) is 22.7 Å². The van der Waals surface area contributed by atoms with Gasteiger partial charge < -0.3 is 9.73 Å². The lowest BCUT2D eigenvalue weighted by molar-refractivity contribution is 0.667. The standard InChI is InChI=1S/C57H39N3O/c1-6-19-38(20-7-1)48-37-49(59-57(58-48)47-31-18-30-46-45-29-16-17-32-50(45)61-56(46)47)39-33-35-42(36-34-39)51-52(40-21-8-2-9-22-40)54(43-25-12-4-13-26-43)60-55(44-27-14-5-15-28-44)53(51)41-23-10-3-11-24-41/h1-37,48H,(H,58,59). The van der Waals surface area contributed by atoms with Crippen molar-refractivity contribution in [2.75, 3.05) is 0 Å². The maximum atomic E-state index is 6.52. The van der Waals surface area contributed by atoms with Crippen molar-refractivity contribution in [1.29, 1.82) is 0 Å². The second kappa shape index (κ2) is 15.6. The Labute approximate surface area is 354 Å². The van der Waals surface area contributed by atoms with Crippen LogP contribution in [0.15, 0.2) is 234 Å². The van der Waals surface area contributed by atoms with Crippen molar-refractivity contribution >= 4 is 33.5 Å². The third-order valence-electron chi connectivity index (χ3n) is 11.6. The van der Waals surface area contributed by atoms with Gasteiger partial charge in [-0.3, -0.25) is 0 Å². The number of nitrogens with one attached hydrogen (secondary N) is 1. The molecular weight excluding hydrogens is 743 g/mol. The molecule has 0 aliphatic carbocycles. The van der Waals surface area contributed by atoms with E-state index in [0.29, 0.717) is 0 Å². The molecule has 61 heavy (non-hydrogen) atoms. The van der Waals surface area contributed by atoms with Gasteiger partial charge in [0.1, 0.15) is 17.0 Å². The molecule has 4 nitrogen and oxygen atoms in total. The number of nitrogens with zero attached hydrogens (tertiary/aromatic N) is 2. The fourth-order valence-electron chi connectivity index (χ4n) is 8.67. The SMILES string of the molecule is C1=C(c2ccc(-c3c(-c4ccccc4)c(-c4ccccc4)nc(-c4ccccc4)c3-c3ccccc3)cc2)N=C(c2cccc3c2oc2ccccc23)NC1c1ccccc1. The Morgan fingerprint density at radius 3 is 1.46 bits per heavy atom. The molecule has 2 aromatic heterocycles. The first-order chi connectivity index (χ1) is 30.3. The fourth-order valence-corrected chi connectivity index (χ4v) is 8.67. The number of benzene rings is 8. The van der Waals surface area contributed by atoms with E-state index in [-0.39, 0.29) is 6.04 Å². The quantitative estimate of drug-likeness (QED) is 0.167. The maximum Gasteiger partial charge on any atom is 0.146 e. The Balaban J connectivity index is 1.13. The van der Waals surface area contributed by atoms with E-state index in [1.54, 1.807) is 0 Å². The molecule has 0 radical (unpaired) electrons. The molecule has 11 rings (SSSR count). The van der Waals surface area contributed by atoms with Gasteiger partial charge in [-0.05, 0) is 46.0 Å². The molecule has 10 aromatic rings. The topological polar surface area (TPSA) is 50.4 Å². The molecule has 3 heterocycles. The number of aromatic nitrogens is 1. The first kappa shape index (κ1) is 36.0. The average Bonchev–Trinajstić information content (AvgIpc) is 3.74. The van der Waals surface area contributed by atoms with Crippen LogP contribution in [0.25, 0.3) is 83.5 Å². The predicted molar refractivity (Wildman–Crippen MR) is 252 cm³/mol. The van der Waals surface area contributed by atoms with Gasteiger partial charge in [-0.25, -0.2) is 9.98 Å². The summed E-state index contributed by atoms with van der Waals surface area (Å²) < 4.78 is 6.52. The van der Waals surface area contributed by atoms with Gasteiger partial charge in [0.15, 0.2) is 0 Å². The van der Waals surface area contributed by atoms with Crippen LogP contribution in [0.2, 0.25) is 0 Å². The number of fused-ring (bicyclic) bond motifs is 3. The minimum Gasteiger partial charge on any atom is -0.455 e. The molecule has 4 heteroatoms. The average molecular weight is 782 g/mol. The minimum atomic E-state index is -0.112. The molecule has 0 saturated heterocycles. The van der Waals surface area contributed by atoms with Crippen molar-refractivity contribution in [3.05, 3.63) is 241 Å². The second-order valence-electron chi connectivity index (χ2n) is 15.3. The Kier molecular flexibility index (Phi) is 9.21. The zero-order valence-corrected chi connectivity index (χ0v) is 33.2. The first-order valence-electron chi connectivity index (χ1n) is 20.7. The molecular formula is C57H39N3O. The summed E-state index contributed by atoms with van der Waals surface area (Å²) in [6, 6.07) is 76.4. The van der Waals surface area contributed by atoms with Crippen LogP contribution >= 0.6 is 0 Å². The largest absolute Gasteiger partial charge is 0.455 e. The number of rotatable bonds is 8. The van der Waals surface area contributed by atoms with E-state index in [1.807, 2.05) is 12.1 Å². The third-order valence-corrected chi connectivity index (χ3v) is 11.6. The van der Waals surface area contributed by atoms with Gasteiger partial charge in [-0.2, -0.15) is 0 Å². The van der Waals surface area contributed by atoms with Crippen LogP contribution in [-0.2, 0) is 0 Å². The van der Waals surface area contributed by atoms with E-state index < -0.39 is 0 Å². The Hall–Kier alpha value is -8.08. The van der Waals surface area contributed by atoms with Crippen LogP contribution in [-0.4, -0.2) is 10.8 Å². The molecule has 0 amide bonds. The van der Waals surface area contributed by atoms with Crippen LogP contribution in [0.5, 0.6) is 0 Å². The lowest BCUT2D eigenvalue weighted by Crippen LogP contribution is -2.31. The van der Waals surface area contributed by atoms with Gasteiger partial charge in [0.2, 0.25) is 0 Å². The summed E-state index contributed by atoms with van der Waals surface area (Å²) in [4.78, 5) is 11.0. The molecule has 0 saturated carbocycles. The van der Waals surface area contributed by atoms with Gasteiger partial charge in [-0.15, -0.1) is 0 Å². The van der Waals surface area contributed by atoms with Crippen molar-refractivity contribution in [2.24, 2.45) is 4.99 Å². The normalized spacial score (nSPS) is 13.7. The van der Waals surface area contributed by atoms with Crippen LogP contribution in [0, 0.1) is 0 Å². The number of hydrogen-bond acceptors (Lipinski definition) is 4. The predicted octanol–water partition coefficient (Wildman–Crippen LogP) is 14.4. The highest BCUT2D eigenvalue weighted by atomic mass is 16.3. The molecule has 1 N–H and O–H groups in total. The highest BCUT2D eigenvalue weighted by Gasteiger charge is 2.26. The van der Waals surface area contributed by atoms with Crippen molar-refractivity contribution < 1.29 is 4.42 Å². The first-order valence-corrected chi connectivity index (χ1v) is 20.7. The zero-order chi connectivity index (χ0) is 40.5. The van der Waals surface area contributed by atoms with E-state index in [1.165, 1.54) is 0 Å². The number of pyridine rings is 1. The molecule has 288 valence electrons. The van der Waals surface area contributed by atoms with Crippen molar-refractivity contribution in [1.82, 2.24) is 10.3 Å². The van der Waals surface area contributed by atoms with Crippen molar-refractivity contribution in [2.45, 2.75) is 6.04 Å². The molecule has 0 spiro atoms. The molecule has 0 bridgehead atoms. The Bertz CT molecular complexity index is 3130.